The highest BCUT2D eigenvalue weighted by Gasteiger charge is 2.28. The quantitative estimate of drug-likeness (QED) is 0.719. The normalized spacial score (nSPS) is 19.2. The molecule has 1 saturated heterocycles. The van der Waals surface area contributed by atoms with Crippen LogP contribution in [0.25, 0.3) is 27.9 Å². The molecule has 0 radical (unpaired) electrons. The standard InChI is InChI=1S/C23H25N5O2/c1-23(2)12-16(9-17(29)13-23)15-3-4-19-18(10-15)22(27-26-19)20-11-21(25-14-24-20)28-5-7-30-8-6-28/h3-4,9-11,14H,5-8,12-13H2,1-2H3,(H,26,27). The molecular formula is C23H25N5O2. The van der Waals surface area contributed by atoms with Gasteiger partial charge in [0, 0.05) is 31.0 Å². The monoisotopic (exact) mass is 403 g/mol. The van der Waals surface area contributed by atoms with Gasteiger partial charge in [0.2, 0.25) is 0 Å². The second-order valence-electron chi connectivity index (χ2n) is 8.85. The summed E-state index contributed by atoms with van der Waals surface area (Å²) in [7, 11) is 0. The highest BCUT2D eigenvalue weighted by molar-refractivity contribution is 6.01. The summed E-state index contributed by atoms with van der Waals surface area (Å²) >= 11 is 0. The van der Waals surface area contributed by atoms with Crippen LogP contribution in [0.3, 0.4) is 0 Å². The number of benzene rings is 1. The van der Waals surface area contributed by atoms with Gasteiger partial charge >= 0.3 is 0 Å². The number of fused-ring (bicyclic) bond motifs is 1. The molecular weight excluding hydrogens is 378 g/mol. The lowest BCUT2D eigenvalue weighted by atomic mass is 9.75. The molecule has 0 spiro atoms. The number of ketones is 1. The number of carbonyl (C=O) groups is 1. The number of carbonyl (C=O) groups excluding carboxylic acids is 1. The number of hydrogen-bond acceptors (Lipinski definition) is 6. The number of aromatic nitrogens is 4. The minimum Gasteiger partial charge on any atom is -0.378 e. The van der Waals surface area contributed by atoms with E-state index >= 15 is 0 Å². The third-order valence-electron chi connectivity index (χ3n) is 5.82. The fraction of sp³-hybridized carbons (Fsp3) is 0.391. The Morgan fingerprint density at radius 3 is 2.73 bits per heavy atom. The number of hydrogen-bond donors (Lipinski definition) is 1. The van der Waals surface area contributed by atoms with Crippen molar-refractivity contribution in [3.8, 4) is 11.4 Å². The minimum absolute atomic E-state index is 0.0188. The summed E-state index contributed by atoms with van der Waals surface area (Å²) in [5, 5.41) is 8.64. The third kappa shape index (κ3) is 3.61. The molecule has 30 heavy (non-hydrogen) atoms. The van der Waals surface area contributed by atoms with E-state index in [1.54, 1.807) is 12.4 Å². The summed E-state index contributed by atoms with van der Waals surface area (Å²) in [5.41, 5.74) is 4.65. The number of allylic oxidation sites excluding steroid dienone is 2. The Labute approximate surface area is 175 Å². The van der Waals surface area contributed by atoms with E-state index in [2.05, 4.69) is 51.0 Å². The van der Waals surface area contributed by atoms with Gasteiger partial charge in [0.15, 0.2) is 5.78 Å². The van der Waals surface area contributed by atoms with E-state index in [4.69, 9.17) is 4.74 Å². The number of nitrogens with zero attached hydrogens (tertiary/aromatic N) is 4. The predicted octanol–water partition coefficient (Wildman–Crippen LogP) is 3.63. The van der Waals surface area contributed by atoms with Gasteiger partial charge in [0.1, 0.15) is 17.8 Å². The molecule has 154 valence electrons. The molecule has 3 aromatic rings. The highest BCUT2D eigenvalue weighted by Crippen LogP contribution is 2.39. The maximum Gasteiger partial charge on any atom is 0.156 e. The number of anilines is 1. The minimum atomic E-state index is -0.0188. The number of nitrogens with one attached hydrogen (secondary N) is 1. The van der Waals surface area contributed by atoms with Gasteiger partial charge < -0.3 is 9.64 Å². The Bertz CT molecular complexity index is 1140. The van der Waals surface area contributed by atoms with Gasteiger partial charge in [-0.25, -0.2) is 9.97 Å². The van der Waals surface area contributed by atoms with E-state index in [0.29, 0.717) is 19.6 Å². The topological polar surface area (TPSA) is 84.0 Å². The second-order valence-corrected chi connectivity index (χ2v) is 8.85. The molecule has 0 amide bonds. The van der Waals surface area contributed by atoms with Crippen LogP contribution in [0.15, 0.2) is 36.7 Å². The molecule has 1 aliphatic carbocycles. The molecule has 0 saturated carbocycles. The second kappa shape index (κ2) is 7.32. The summed E-state index contributed by atoms with van der Waals surface area (Å²) in [6, 6.07) is 8.19. The molecule has 1 fully saturated rings. The zero-order valence-electron chi connectivity index (χ0n) is 17.3. The predicted molar refractivity (Wildman–Crippen MR) is 116 cm³/mol. The molecule has 2 aromatic heterocycles. The van der Waals surface area contributed by atoms with Crippen LogP contribution in [-0.2, 0) is 9.53 Å². The first-order chi connectivity index (χ1) is 14.5. The first-order valence-corrected chi connectivity index (χ1v) is 10.4. The summed E-state index contributed by atoms with van der Waals surface area (Å²) < 4.78 is 5.44. The maximum absolute atomic E-state index is 12.2. The molecule has 1 aliphatic heterocycles. The van der Waals surface area contributed by atoms with Crippen molar-refractivity contribution in [1.29, 1.82) is 0 Å². The van der Waals surface area contributed by atoms with Gasteiger partial charge in [-0.05, 0) is 41.2 Å². The van der Waals surface area contributed by atoms with E-state index < -0.39 is 0 Å². The molecule has 0 atom stereocenters. The van der Waals surface area contributed by atoms with Crippen molar-refractivity contribution in [3.63, 3.8) is 0 Å². The Hall–Kier alpha value is -3.06. The van der Waals surface area contributed by atoms with E-state index in [-0.39, 0.29) is 11.2 Å². The van der Waals surface area contributed by atoms with Crippen molar-refractivity contribution in [2.24, 2.45) is 5.41 Å². The van der Waals surface area contributed by atoms with Crippen LogP contribution in [-0.4, -0.2) is 52.3 Å². The van der Waals surface area contributed by atoms with Gasteiger partial charge in [0.25, 0.3) is 0 Å². The van der Waals surface area contributed by atoms with Crippen molar-refractivity contribution >= 4 is 28.1 Å². The van der Waals surface area contributed by atoms with Crippen molar-refractivity contribution in [2.75, 3.05) is 31.2 Å². The van der Waals surface area contributed by atoms with Crippen LogP contribution in [0.2, 0.25) is 0 Å². The van der Waals surface area contributed by atoms with Gasteiger partial charge in [-0.15, -0.1) is 0 Å². The summed E-state index contributed by atoms with van der Waals surface area (Å²) in [4.78, 5) is 23.4. The van der Waals surface area contributed by atoms with Crippen LogP contribution in [0, 0.1) is 5.41 Å². The summed E-state index contributed by atoms with van der Waals surface area (Å²) in [6.45, 7) is 7.34. The molecule has 5 rings (SSSR count). The van der Waals surface area contributed by atoms with Crippen molar-refractivity contribution in [3.05, 3.63) is 42.2 Å². The highest BCUT2D eigenvalue weighted by atomic mass is 16.5. The van der Waals surface area contributed by atoms with Crippen LogP contribution in [0.5, 0.6) is 0 Å². The lowest BCUT2D eigenvalue weighted by Gasteiger charge is -2.29. The largest absolute Gasteiger partial charge is 0.378 e. The first kappa shape index (κ1) is 18.9. The molecule has 0 unspecified atom stereocenters. The SMILES string of the molecule is CC1(C)CC(=O)C=C(c2ccc3[nH]nc(-c4cc(N5CCOCC5)ncn4)c3c2)C1. The third-order valence-corrected chi connectivity index (χ3v) is 5.82. The average Bonchev–Trinajstić information content (AvgIpc) is 3.16. The zero-order chi connectivity index (χ0) is 20.7. The van der Waals surface area contributed by atoms with Crippen LogP contribution in [0.1, 0.15) is 32.3 Å². The maximum atomic E-state index is 12.2. The fourth-order valence-electron chi connectivity index (χ4n) is 4.38. The number of aromatic amines is 1. The van der Waals surface area contributed by atoms with Gasteiger partial charge in [-0.3, -0.25) is 9.89 Å². The summed E-state index contributed by atoms with van der Waals surface area (Å²) in [5.74, 6) is 1.08. The lowest BCUT2D eigenvalue weighted by Crippen LogP contribution is -2.36. The van der Waals surface area contributed by atoms with E-state index in [0.717, 1.165) is 58.8 Å². The molecule has 2 aliphatic rings. The van der Waals surface area contributed by atoms with Gasteiger partial charge in [-0.1, -0.05) is 19.9 Å². The number of H-pyrrole nitrogens is 1. The number of morpholine rings is 1. The smallest absolute Gasteiger partial charge is 0.156 e. The fourth-order valence-corrected chi connectivity index (χ4v) is 4.38. The van der Waals surface area contributed by atoms with Gasteiger partial charge in [0.05, 0.1) is 24.4 Å². The van der Waals surface area contributed by atoms with Crippen LogP contribution in [0.4, 0.5) is 5.82 Å². The summed E-state index contributed by atoms with van der Waals surface area (Å²) in [6.07, 6.45) is 4.87. The van der Waals surface area contributed by atoms with Crippen molar-refractivity contribution in [2.45, 2.75) is 26.7 Å². The zero-order valence-corrected chi connectivity index (χ0v) is 17.3. The van der Waals surface area contributed by atoms with Crippen LogP contribution < -0.4 is 4.90 Å². The van der Waals surface area contributed by atoms with Gasteiger partial charge in [-0.2, -0.15) is 5.10 Å². The molecule has 7 nitrogen and oxygen atoms in total. The Kier molecular flexibility index (Phi) is 4.62. The molecule has 1 N–H and O–H groups in total. The van der Waals surface area contributed by atoms with Crippen LogP contribution >= 0.6 is 0 Å². The van der Waals surface area contributed by atoms with E-state index in [1.807, 2.05) is 12.1 Å². The first-order valence-electron chi connectivity index (χ1n) is 10.4. The molecule has 3 heterocycles. The number of ether oxygens (including phenoxy) is 1. The molecule has 0 bridgehead atoms. The molecule has 7 heteroatoms. The van der Waals surface area contributed by atoms with E-state index in [1.165, 1.54) is 0 Å². The Balaban J connectivity index is 1.53. The average molecular weight is 403 g/mol. The Morgan fingerprint density at radius 1 is 1.10 bits per heavy atom. The molecule has 1 aromatic carbocycles. The van der Waals surface area contributed by atoms with Crippen molar-refractivity contribution < 1.29 is 9.53 Å². The van der Waals surface area contributed by atoms with Crippen molar-refractivity contribution in [1.82, 2.24) is 20.2 Å². The lowest BCUT2D eigenvalue weighted by molar-refractivity contribution is -0.116. The number of rotatable bonds is 3. The Morgan fingerprint density at radius 2 is 1.93 bits per heavy atom. The van der Waals surface area contributed by atoms with E-state index in [9.17, 15) is 4.79 Å².